The van der Waals surface area contributed by atoms with Crippen LogP contribution in [0.4, 0.5) is 0 Å². The third-order valence-electron chi connectivity index (χ3n) is 0.324. The van der Waals surface area contributed by atoms with Gasteiger partial charge in [0, 0.05) is 0 Å². The summed E-state index contributed by atoms with van der Waals surface area (Å²) in [5.74, 6) is -1.46. The molecule has 0 aliphatic carbocycles. The molecule has 0 heterocycles. The molecule has 0 aromatic heterocycles. The first kappa shape index (κ1) is 8.33. The van der Waals surface area contributed by atoms with Crippen LogP contribution < -0.4 is 0 Å². The molecule has 0 radical (unpaired) electrons. The first-order valence-electron chi connectivity index (χ1n) is 1.98. The summed E-state index contributed by atoms with van der Waals surface area (Å²) in [6.07, 6.45) is 0. The Balaban J connectivity index is 3.39. The zero-order valence-corrected chi connectivity index (χ0v) is 5.67. The number of hydrogen-bond acceptors (Lipinski definition) is 4. The summed E-state index contributed by atoms with van der Waals surface area (Å²) in [7, 11) is 0. The van der Waals surface area contributed by atoms with Crippen molar-refractivity contribution >= 4 is 16.9 Å². The van der Waals surface area contributed by atoms with E-state index in [1.54, 1.807) is 0 Å². The molecule has 0 aromatic carbocycles. The van der Waals surface area contributed by atoms with Gasteiger partial charge in [-0.2, -0.15) is 0 Å². The molecule has 9 heavy (non-hydrogen) atoms. The van der Waals surface area contributed by atoms with E-state index in [1.807, 2.05) is 0 Å². The summed E-state index contributed by atoms with van der Waals surface area (Å²) in [6, 6.07) is 0. The second-order valence-corrected chi connectivity index (χ2v) is 1.40. The van der Waals surface area contributed by atoms with Crippen LogP contribution in [-0.4, -0.2) is 16.9 Å². The fourth-order valence-electron chi connectivity index (χ4n) is 0.117. The van der Waals surface area contributed by atoms with Gasteiger partial charge in [-0.05, 0) is 0 Å². The Morgan fingerprint density at radius 2 is 2.00 bits per heavy atom. The normalized spacial score (nSPS) is 7.78. The van der Waals surface area contributed by atoms with Crippen LogP contribution in [-0.2, 0) is 34.9 Å². The van der Waals surface area contributed by atoms with Crippen LogP contribution in [0, 0.1) is 0 Å². The molecule has 0 fully saturated rings. The molecule has 0 amide bonds. The molecule has 0 atom stereocenters. The summed E-state index contributed by atoms with van der Waals surface area (Å²) in [6.45, 7) is 1.12. The first-order valence-corrected chi connectivity index (χ1v) is 2.61. The second-order valence-electron chi connectivity index (χ2n) is 1.08. The van der Waals surface area contributed by atoms with Gasteiger partial charge >= 0.3 is 58.7 Å². The third-order valence-corrected chi connectivity index (χ3v) is 0.585. The Bertz CT molecular complexity index is 142. The summed E-state index contributed by atoms with van der Waals surface area (Å²) in [4.78, 5) is 28.6. The Hall–Kier alpha value is -0.671. The zero-order valence-electron chi connectivity index (χ0n) is 4.56. The molecule has 52 valence electrons. The van der Waals surface area contributed by atoms with Gasteiger partial charge < -0.3 is 0 Å². The van der Waals surface area contributed by atoms with E-state index >= 15 is 0 Å². The molecule has 0 aromatic rings. The van der Waals surface area contributed by atoms with E-state index in [9.17, 15) is 9.59 Å². The minimum absolute atomic E-state index is 0.676. The Morgan fingerprint density at radius 1 is 1.44 bits per heavy atom. The molecule has 0 rings (SSSR count). The van der Waals surface area contributed by atoms with E-state index in [0.717, 1.165) is 11.8 Å². The van der Waals surface area contributed by atoms with E-state index in [1.165, 1.54) is 0 Å². The number of carbonyl (C=O) groups excluding carboxylic acids is 2. The van der Waals surface area contributed by atoms with Gasteiger partial charge in [0.15, 0.2) is 0 Å². The van der Waals surface area contributed by atoms with Gasteiger partial charge in [0.1, 0.15) is 0 Å². The SMILES string of the molecule is CC(=O)OOC(=O)[CH]=[Fe]. The topological polar surface area (TPSA) is 52.6 Å². The van der Waals surface area contributed by atoms with Crippen LogP contribution in [0.3, 0.4) is 0 Å². The summed E-state index contributed by atoms with van der Waals surface area (Å²) in [5, 5.41) is 0. The zero-order chi connectivity index (χ0) is 7.28. The van der Waals surface area contributed by atoms with E-state index in [0.29, 0.717) is 0 Å². The average molecular weight is 172 g/mol. The molecular formula is C4H4FeO4. The number of carbonyl (C=O) groups is 2. The molecule has 0 aliphatic rings. The number of rotatable bonds is 1. The van der Waals surface area contributed by atoms with Gasteiger partial charge in [0.25, 0.3) is 0 Å². The molecule has 0 spiro atoms. The molecule has 0 unspecified atom stereocenters. The molecule has 5 heteroatoms. The standard InChI is InChI=1S/C4H4O4.Fe/c1-3(5)7-8-4(2)6;/h1H,2H3;. The maximum absolute atomic E-state index is 10.1. The van der Waals surface area contributed by atoms with Crippen LogP contribution in [0.25, 0.3) is 0 Å². The Labute approximate surface area is 59.4 Å². The molecule has 0 saturated heterocycles. The second kappa shape index (κ2) is 4.23. The van der Waals surface area contributed by atoms with Crippen molar-refractivity contribution in [3.8, 4) is 0 Å². The monoisotopic (exact) mass is 172 g/mol. The molecule has 4 nitrogen and oxygen atoms in total. The Morgan fingerprint density at radius 3 is 2.33 bits per heavy atom. The average Bonchev–Trinajstić information content (AvgIpc) is 1.83. The van der Waals surface area contributed by atoms with Crippen molar-refractivity contribution in [2.75, 3.05) is 0 Å². The molecule has 0 aliphatic heterocycles. The van der Waals surface area contributed by atoms with Crippen LogP contribution in [0.1, 0.15) is 6.92 Å². The fourth-order valence-corrected chi connectivity index (χ4v) is 0.170. The van der Waals surface area contributed by atoms with Crippen molar-refractivity contribution < 1.29 is 34.9 Å². The van der Waals surface area contributed by atoms with Crippen molar-refractivity contribution in [3.63, 3.8) is 0 Å². The van der Waals surface area contributed by atoms with Gasteiger partial charge in [-0.25, -0.2) is 0 Å². The summed E-state index contributed by atoms with van der Waals surface area (Å²) >= 11 is 3.07. The predicted molar refractivity (Wildman–Crippen MR) is 23.9 cm³/mol. The van der Waals surface area contributed by atoms with Crippen molar-refractivity contribution in [1.29, 1.82) is 0 Å². The molecule has 0 saturated carbocycles. The van der Waals surface area contributed by atoms with Crippen molar-refractivity contribution in [2.24, 2.45) is 0 Å². The summed E-state index contributed by atoms with van der Waals surface area (Å²) < 4.78 is 0. The molecule has 0 N–H and O–H groups in total. The van der Waals surface area contributed by atoms with E-state index in [4.69, 9.17) is 0 Å². The predicted octanol–water partition coefficient (Wildman–Crippen LogP) is -0.643. The minimum atomic E-state index is -0.787. The van der Waals surface area contributed by atoms with Crippen molar-refractivity contribution in [1.82, 2.24) is 0 Å². The first-order chi connectivity index (χ1) is 4.16. The van der Waals surface area contributed by atoms with Gasteiger partial charge in [0.05, 0.1) is 0 Å². The van der Waals surface area contributed by atoms with Gasteiger partial charge in [-0.15, -0.1) is 0 Å². The quantitative estimate of drug-likeness (QED) is 0.299. The van der Waals surface area contributed by atoms with Crippen molar-refractivity contribution in [3.05, 3.63) is 0 Å². The van der Waals surface area contributed by atoms with Crippen LogP contribution in [0.15, 0.2) is 0 Å². The number of hydrogen-bond donors (Lipinski definition) is 0. The Kier molecular flexibility index (Phi) is 3.92. The maximum atomic E-state index is 10.1. The van der Waals surface area contributed by atoms with Crippen LogP contribution in [0.2, 0.25) is 0 Å². The van der Waals surface area contributed by atoms with Gasteiger partial charge in [-0.3, -0.25) is 0 Å². The van der Waals surface area contributed by atoms with Crippen molar-refractivity contribution in [2.45, 2.75) is 6.92 Å². The van der Waals surface area contributed by atoms with Crippen LogP contribution >= 0.6 is 0 Å². The fraction of sp³-hybridized carbons (Fsp3) is 0.250. The summed E-state index contributed by atoms with van der Waals surface area (Å²) in [5.41, 5.74) is 0. The van der Waals surface area contributed by atoms with Crippen LogP contribution in [0.5, 0.6) is 0 Å². The van der Waals surface area contributed by atoms with E-state index in [-0.39, 0.29) is 0 Å². The van der Waals surface area contributed by atoms with E-state index < -0.39 is 11.9 Å². The van der Waals surface area contributed by atoms with Gasteiger partial charge in [-0.1, -0.05) is 0 Å². The van der Waals surface area contributed by atoms with E-state index in [2.05, 4.69) is 25.4 Å². The molecule has 0 bridgehead atoms. The van der Waals surface area contributed by atoms with Gasteiger partial charge in [0.2, 0.25) is 0 Å². The third kappa shape index (κ3) is 5.20. The molecular weight excluding hydrogens is 168 g/mol.